The number of aliphatic hydroxyl groups is 1. The van der Waals surface area contributed by atoms with Gasteiger partial charge in [0.2, 0.25) is 0 Å². The highest BCUT2D eigenvalue weighted by Crippen LogP contribution is 2.22. The quantitative estimate of drug-likeness (QED) is 0.835. The molecule has 0 saturated carbocycles. The third-order valence-electron chi connectivity index (χ3n) is 2.52. The number of carbonyl (C=O) groups is 1. The van der Waals surface area contributed by atoms with E-state index in [1.807, 2.05) is 6.92 Å². The van der Waals surface area contributed by atoms with Gasteiger partial charge in [0, 0.05) is 5.69 Å². The first-order chi connectivity index (χ1) is 9.60. The predicted octanol–water partition coefficient (Wildman–Crippen LogP) is 2.79. The summed E-state index contributed by atoms with van der Waals surface area (Å²) in [4.78, 5) is 13.3. The standard InChI is InChI=1S/C15H12FNO2S/c1-10-9-14(20-13(10)3-2-8-18)15(19)17-12-6-4-11(16)5-7-12/h4-7,9,18H,8H2,1H3,(H,17,19). The van der Waals surface area contributed by atoms with E-state index in [0.717, 1.165) is 10.4 Å². The summed E-state index contributed by atoms with van der Waals surface area (Å²) < 4.78 is 12.8. The molecule has 0 atom stereocenters. The SMILES string of the molecule is Cc1cc(C(=O)Nc2ccc(F)cc2)sc1C#CCO. The monoisotopic (exact) mass is 289 g/mol. The maximum absolute atomic E-state index is 12.8. The van der Waals surface area contributed by atoms with Crippen molar-refractivity contribution >= 4 is 22.9 Å². The molecule has 0 unspecified atom stereocenters. The van der Waals surface area contributed by atoms with Crippen molar-refractivity contribution in [3.63, 3.8) is 0 Å². The highest BCUT2D eigenvalue weighted by Gasteiger charge is 2.11. The fraction of sp³-hybridized carbons (Fsp3) is 0.133. The zero-order valence-electron chi connectivity index (χ0n) is 10.7. The fourth-order valence-corrected chi connectivity index (χ4v) is 2.51. The van der Waals surface area contributed by atoms with Crippen LogP contribution in [0.4, 0.5) is 10.1 Å². The van der Waals surface area contributed by atoms with Crippen molar-refractivity contribution in [1.82, 2.24) is 0 Å². The van der Waals surface area contributed by atoms with Crippen LogP contribution in [0.25, 0.3) is 0 Å². The van der Waals surface area contributed by atoms with Crippen LogP contribution in [0.1, 0.15) is 20.1 Å². The van der Waals surface area contributed by atoms with Crippen LogP contribution in [0.5, 0.6) is 0 Å². The number of nitrogens with one attached hydrogen (secondary N) is 1. The number of benzene rings is 1. The molecule has 2 aromatic rings. The highest BCUT2D eigenvalue weighted by molar-refractivity contribution is 7.14. The van der Waals surface area contributed by atoms with E-state index in [0.29, 0.717) is 10.6 Å². The largest absolute Gasteiger partial charge is 0.384 e. The summed E-state index contributed by atoms with van der Waals surface area (Å²) in [5, 5.41) is 11.4. The first kappa shape index (κ1) is 14.3. The molecule has 0 bridgehead atoms. The average molecular weight is 289 g/mol. The van der Waals surface area contributed by atoms with E-state index in [2.05, 4.69) is 17.2 Å². The van der Waals surface area contributed by atoms with Gasteiger partial charge in [0.15, 0.2) is 0 Å². The van der Waals surface area contributed by atoms with E-state index < -0.39 is 0 Å². The molecule has 1 amide bonds. The van der Waals surface area contributed by atoms with Gasteiger partial charge in [-0.2, -0.15) is 0 Å². The molecule has 1 heterocycles. The van der Waals surface area contributed by atoms with Crippen molar-refractivity contribution in [2.24, 2.45) is 0 Å². The van der Waals surface area contributed by atoms with E-state index in [-0.39, 0.29) is 18.3 Å². The van der Waals surface area contributed by atoms with E-state index in [1.165, 1.54) is 35.6 Å². The molecule has 0 aliphatic carbocycles. The average Bonchev–Trinajstić information content (AvgIpc) is 2.80. The summed E-state index contributed by atoms with van der Waals surface area (Å²) >= 11 is 1.26. The minimum absolute atomic E-state index is 0.214. The Morgan fingerprint density at radius 1 is 1.40 bits per heavy atom. The number of hydrogen-bond donors (Lipinski definition) is 2. The molecule has 0 spiro atoms. The Morgan fingerprint density at radius 2 is 2.10 bits per heavy atom. The molecule has 0 radical (unpaired) electrons. The van der Waals surface area contributed by atoms with Crippen LogP contribution in [0.3, 0.4) is 0 Å². The number of aliphatic hydroxyl groups excluding tert-OH is 1. The number of thiophene rings is 1. The Hall–Kier alpha value is -2.16. The third-order valence-corrected chi connectivity index (χ3v) is 3.68. The van der Waals surface area contributed by atoms with Gasteiger partial charge in [0.1, 0.15) is 12.4 Å². The van der Waals surface area contributed by atoms with Crippen LogP contribution < -0.4 is 5.32 Å². The van der Waals surface area contributed by atoms with Gasteiger partial charge in [0.25, 0.3) is 5.91 Å². The van der Waals surface area contributed by atoms with Crippen molar-refractivity contribution in [2.45, 2.75) is 6.92 Å². The van der Waals surface area contributed by atoms with Gasteiger partial charge in [-0.3, -0.25) is 4.79 Å². The summed E-state index contributed by atoms with van der Waals surface area (Å²) in [6.45, 7) is 1.64. The number of anilines is 1. The van der Waals surface area contributed by atoms with E-state index in [4.69, 9.17) is 5.11 Å². The molecule has 5 heteroatoms. The normalized spacial score (nSPS) is 9.75. The van der Waals surface area contributed by atoms with Gasteiger partial charge in [-0.15, -0.1) is 11.3 Å². The first-order valence-electron chi connectivity index (χ1n) is 5.87. The maximum atomic E-state index is 12.8. The number of carbonyl (C=O) groups excluding carboxylic acids is 1. The van der Waals surface area contributed by atoms with Crippen LogP contribution in [0.2, 0.25) is 0 Å². The van der Waals surface area contributed by atoms with E-state index in [9.17, 15) is 9.18 Å². The molecule has 3 nitrogen and oxygen atoms in total. The lowest BCUT2D eigenvalue weighted by molar-refractivity contribution is 0.103. The van der Waals surface area contributed by atoms with Crippen molar-refractivity contribution < 1.29 is 14.3 Å². The van der Waals surface area contributed by atoms with Gasteiger partial charge in [-0.25, -0.2) is 4.39 Å². The third kappa shape index (κ3) is 3.44. The summed E-state index contributed by atoms with van der Waals surface area (Å²) in [5.74, 6) is 4.74. The van der Waals surface area contributed by atoms with Crippen molar-refractivity contribution in [2.75, 3.05) is 11.9 Å². The molecular weight excluding hydrogens is 277 g/mol. The molecule has 1 aromatic carbocycles. The molecule has 0 saturated heterocycles. The summed E-state index contributed by atoms with van der Waals surface area (Å²) in [6.07, 6.45) is 0. The molecule has 20 heavy (non-hydrogen) atoms. The molecular formula is C15H12FNO2S. The van der Waals surface area contributed by atoms with Gasteiger partial charge < -0.3 is 10.4 Å². The molecule has 0 fully saturated rings. The Morgan fingerprint density at radius 3 is 2.75 bits per heavy atom. The van der Waals surface area contributed by atoms with Crippen LogP contribution in [0, 0.1) is 24.6 Å². The summed E-state index contributed by atoms with van der Waals surface area (Å²) in [5.41, 5.74) is 1.42. The summed E-state index contributed by atoms with van der Waals surface area (Å²) in [7, 11) is 0. The second-order valence-electron chi connectivity index (χ2n) is 4.04. The van der Waals surface area contributed by atoms with E-state index in [1.54, 1.807) is 6.07 Å². The highest BCUT2D eigenvalue weighted by atomic mass is 32.1. The Kier molecular flexibility index (Phi) is 4.51. The van der Waals surface area contributed by atoms with Crippen LogP contribution in [0.15, 0.2) is 30.3 Å². The molecule has 0 aliphatic rings. The van der Waals surface area contributed by atoms with E-state index >= 15 is 0 Å². The first-order valence-corrected chi connectivity index (χ1v) is 6.69. The van der Waals surface area contributed by atoms with Crippen molar-refractivity contribution in [3.8, 4) is 11.8 Å². The lowest BCUT2D eigenvalue weighted by atomic mass is 10.2. The fourth-order valence-electron chi connectivity index (χ4n) is 1.56. The smallest absolute Gasteiger partial charge is 0.265 e. The van der Waals surface area contributed by atoms with Crippen molar-refractivity contribution in [1.29, 1.82) is 0 Å². The Balaban J connectivity index is 2.15. The van der Waals surface area contributed by atoms with Crippen LogP contribution in [-0.4, -0.2) is 17.6 Å². The summed E-state index contributed by atoms with van der Waals surface area (Å²) in [6, 6.07) is 7.31. The Bertz CT molecular complexity index is 680. The zero-order valence-corrected chi connectivity index (χ0v) is 11.6. The number of rotatable bonds is 2. The lowest BCUT2D eigenvalue weighted by Gasteiger charge is -2.02. The molecule has 2 rings (SSSR count). The maximum Gasteiger partial charge on any atom is 0.265 e. The molecule has 2 N–H and O–H groups in total. The lowest BCUT2D eigenvalue weighted by Crippen LogP contribution is -2.09. The van der Waals surface area contributed by atoms with Gasteiger partial charge in [-0.05, 0) is 42.8 Å². The zero-order chi connectivity index (χ0) is 14.5. The second-order valence-corrected chi connectivity index (χ2v) is 5.10. The van der Waals surface area contributed by atoms with Crippen molar-refractivity contribution in [3.05, 3.63) is 51.5 Å². The predicted molar refractivity (Wildman–Crippen MR) is 77.4 cm³/mol. The number of halogens is 1. The second kappa shape index (κ2) is 6.33. The number of amides is 1. The number of hydrogen-bond acceptors (Lipinski definition) is 3. The molecule has 0 aliphatic heterocycles. The minimum Gasteiger partial charge on any atom is -0.384 e. The Labute approximate surface area is 120 Å². The van der Waals surface area contributed by atoms with Gasteiger partial charge in [0.05, 0.1) is 9.75 Å². The number of aryl methyl sites for hydroxylation is 1. The molecule has 1 aromatic heterocycles. The molecule has 102 valence electrons. The minimum atomic E-state index is -0.350. The topological polar surface area (TPSA) is 49.3 Å². The van der Waals surface area contributed by atoms with Crippen LogP contribution >= 0.6 is 11.3 Å². The van der Waals surface area contributed by atoms with Crippen LogP contribution in [-0.2, 0) is 0 Å². The van der Waals surface area contributed by atoms with Gasteiger partial charge >= 0.3 is 0 Å². The van der Waals surface area contributed by atoms with Gasteiger partial charge in [-0.1, -0.05) is 11.8 Å².